The van der Waals surface area contributed by atoms with Crippen LogP contribution in [0.3, 0.4) is 0 Å². The molecule has 3 aliphatic heterocycles. The SMILES string of the molecule is CC(=O)NC1[C@H](COC[C@@H]2C(CO)O[C@@H](COC[C@@H]3C(CO)O[C@@H](O)C(NC(C)=O)[C@H]3O)C(NC(C)=O)[C@H]2OCC(C)(C)C)OC(CO)[C@@H](O)[C@@H]1O. The fourth-order valence-electron chi connectivity index (χ4n) is 6.79. The van der Waals surface area contributed by atoms with Gasteiger partial charge in [0.25, 0.3) is 0 Å². The molecule has 302 valence electrons. The number of aliphatic hydroxyl groups excluding tert-OH is 7. The zero-order chi connectivity index (χ0) is 38.9. The van der Waals surface area contributed by atoms with Crippen molar-refractivity contribution in [2.24, 2.45) is 17.3 Å². The second-order valence-corrected chi connectivity index (χ2v) is 14.9. The van der Waals surface area contributed by atoms with Crippen LogP contribution in [0.2, 0.25) is 0 Å². The molecule has 52 heavy (non-hydrogen) atoms. The molecule has 19 nitrogen and oxygen atoms in total. The van der Waals surface area contributed by atoms with Gasteiger partial charge in [-0.2, -0.15) is 0 Å². The van der Waals surface area contributed by atoms with Crippen molar-refractivity contribution < 1.29 is 78.6 Å². The third-order valence-corrected chi connectivity index (χ3v) is 9.30. The molecule has 0 aromatic carbocycles. The Kier molecular flexibility index (Phi) is 17.0. The summed E-state index contributed by atoms with van der Waals surface area (Å²) in [4.78, 5) is 36.1. The van der Waals surface area contributed by atoms with Crippen LogP contribution in [0.4, 0.5) is 0 Å². The second kappa shape index (κ2) is 20.0. The number of amides is 3. The molecule has 19 heteroatoms. The maximum Gasteiger partial charge on any atom is 0.217 e. The van der Waals surface area contributed by atoms with Crippen LogP contribution in [0.5, 0.6) is 0 Å². The molecule has 6 unspecified atom stereocenters. The molecule has 3 fully saturated rings. The van der Waals surface area contributed by atoms with Crippen molar-refractivity contribution in [3.05, 3.63) is 0 Å². The average molecular weight is 754 g/mol. The van der Waals surface area contributed by atoms with Crippen LogP contribution in [0.15, 0.2) is 0 Å². The summed E-state index contributed by atoms with van der Waals surface area (Å²) in [7, 11) is 0. The summed E-state index contributed by atoms with van der Waals surface area (Å²) in [5.41, 5.74) is -0.325. The van der Waals surface area contributed by atoms with Crippen LogP contribution in [-0.4, -0.2) is 186 Å². The summed E-state index contributed by atoms with van der Waals surface area (Å²) in [6.07, 6.45) is -11.6. The van der Waals surface area contributed by atoms with Gasteiger partial charge in [0, 0.05) is 32.6 Å². The van der Waals surface area contributed by atoms with E-state index in [4.69, 9.17) is 28.4 Å². The van der Waals surface area contributed by atoms with Gasteiger partial charge in [-0.15, -0.1) is 0 Å². The highest BCUT2D eigenvalue weighted by Gasteiger charge is 2.50. The molecule has 3 heterocycles. The normalized spacial score (nSPS) is 38.4. The van der Waals surface area contributed by atoms with Gasteiger partial charge in [0.2, 0.25) is 17.7 Å². The minimum absolute atomic E-state index is 0.116. The predicted octanol–water partition coefficient (Wildman–Crippen LogP) is -4.49. The second-order valence-electron chi connectivity index (χ2n) is 14.9. The van der Waals surface area contributed by atoms with E-state index in [0.717, 1.165) is 0 Å². The molecule has 0 radical (unpaired) electrons. The first-order valence-corrected chi connectivity index (χ1v) is 17.5. The van der Waals surface area contributed by atoms with E-state index in [-0.39, 0.29) is 38.4 Å². The van der Waals surface area contributed by atoms with Crippen LogP contribution in [0.25, 0.3) is 0 Å². The summed E-state index contributed by atoms with van der Waals surface area (Å²) in [5, 5.41) is 80.3. The first-order chi connectivity index (χ1) is 24.4. The van der Waals surface area contributed by atoms with E-state index in [1.54, 1.807) is 0 Å². The largest absolute Gasteiger partial charge is 0.394 e. The molecule has 3 saturated heterocycles. The minimum atomic E-state index is -1.57. The average Bonchev–Trinajstić information content (AvgIpc) is 3.06. The molecule has 0 spiro atoms. The van der Waals surface area contributed by atoms with Gasteiger partial charge in [0.05, 0.1) is 89.4 Å². The lowest BCUT2D eigenvalue weighted by atomic mass is 9.84. The number of nitrogens with one attached hydrogen (secondary N) is 3. The van der Waals surface area contributed by atoms with Crippen molar-refractivity contribution in [3.8, 4) is 0 Å². The highest BCUT2D eigenvalue weighted by molar-refractivity contribution is 5.74. The molecule has 3 amide bonds. The van der Waals surface area contributed by atoms with Gasteiger partial charge < -0.3 is 80.1 Å². The third kappa shape index (κ3) is 11.9. The van der Waals surface area contributed by atoms with Crippen molar-refractivity contribution in [3.63, 3.8) is 0 Å². The van der Waals surface area contributed by atoms with E-state index in [2.05, 4.69) is 16.0 Å². The fourth-order valence-corrected chi connectivity index (χ4v) is 6.79. The first-order valence-electron chi connectivity index (χ1n) is 17.5. The fraction of sp³-hybridized carbons (Fsp3) is 0.909. The van der Waals surface area contributed by atoms with E-state index in [0.29, 0.717) is 0 Å². The highest BCUT2D eigenvalue weighted by atomic mass is 16.6. The Morgan fingerprint density at radius 1 is 0.577 bits per heavy atom. The molecule has 3 rings (SSSR count). The molecule has 0 aromatic rings. The van der Waals surface area contributed by atoms with Crippen molar-refractivity contribution >= 4 is 17.7 Å². The maximum absolute atomic E-state index is 12.5. The summed E-state index contributed by atoms with van der Waals surface area (Å²) in [5.74, 6) is -2.99. The standard InChI is InChI=1S/C33H59N3O16/c1-15(40)34-25-23(51-22(9-39)29(44)30(25)45)12-48-11-19-21(8-38)50-24(26(35-16(2)41)31(19)49-14-33(4,5)6)13-47-10-18-20(7-37)52-32(46)27(28(18)43)36-17(3)42/h18-32,37-39,43-46H,7-14H2,1-6H3,(H,34,40)(H,35,41)(H,36,42)/t18-,19-,20?,21?,22?,23+,24+,25?,26?,27?,28+,29-,30-,31+,32-/m1/s1. The lowest BCUT2D eigenvalue weighted by Gasteiger charge is -2.47. The minimum Gasteiger partial charge on any atom is -0.394 e. The Morgan fingerprint density at radius 2 is 1.04 bits per heavy atom. The Labute approximate surface area is 303 Å². The van der Waals surface area contributed by atoms with Crippen molar-refractivity contribution in [1.29, 1.82) is 0 Å². The van der Waals surface area contributed by atoms with Crippen LogP contribution in [0, 0.1) is 17.3 Å². The molecule has 0 aliphatic carbocycles. The van der Waals surface area contributed by atoms with Crippen LogP contribution in [0.1, 0.15) is 41.5 Å². The van der Waals surface area contributed by atoms with Gasteiger partial charge in [-0.25, -0.2) is 0 Å². The smallest absolute Gasteiger partial charge is 0.217 e. The zero-order valence-corrected chi connectivity index (χ0v) is 30.6. The summed E-state index contributed by atoms with van der Waals surface area (Å²) in [6.45, 7) is 7.49. The quantitative estimate of drug-likeness (QED) is 0.0711. The van der Waals surface area contributed by atoms with Gasteiger partial charge >= 0.3 is 0 Å². The molecule has 10 N–H and O–H groups in total. The van der Waals surface area contributed by atoms with Gasteiger partial charge in [0.1, 0.15) is 36.6 Å². The van der Waals surface area contributed by atoms with E-state index >= 15 is 0 Å². The van der Waals surface area contributed by atoms with Crippen LogP contribution < -0.4 is 16.0 Å². The van der Waals surface area contributed by atoms with E-state index < -0.39 is 129 Å². The molecule has 15 atom stereocenters. The lowest BCUT2D eigenvalue weighted by Crippen LogP contribution is -2.66. The van der Waals surface area contributed by atoms with Gasteiger partial charge in [-0.3, -0.25) is 14.4 Å². The summed E-state index contributed by atoms with van der Waals surface area (Å²) >= 11 is 0. The maximum atomic E-state index is 12.5. The van der Waals surface area contributed by atoms with E-state index in [9.17, 15) is 50.1 Å². The van der Waals surface area contributed by atoms with Crippen molar-refractivity contribution in [1.82, 2.24) is 16.0 Å². The lowest BCUT2D eigenvalue weighted by molar-refractivity contribution is -0.249. The monoisotopic (exact) mass is 753 g/mol. The number of hydrogen-bond acceptors (Lipinski definition) is 16. The van der Waals surface area contributed by atoms with Crippen LogP contribution in [-0.2, 0) is 42.8 Å². The van der Waals surface area contributed by atoms with Crippen LogP contribution >= 0.6 is 0 Å². The Bertz CT molecular complexity index is 1150. The summed E-state index contributed by atoms with van der Waals surface area (Å²) in [6, 6.07) is -3.10. The molecular weight excluding hydrogens is 694 g/mol. The highest BCUT2D eigenvalue weighted by Crippen LogP contribution is 2.32. The third-order valence-electron chi connectivity index (χ3n) is 9.30. The number of carbonyl (C=O) groups excluding carboxylic acids is 3. The molecule has 0 aromatic heterocycles. The number of hydrogen-bond donors (Lipinski definition) is 10. The first kappa shape index (κ1) is 44.3. The summed E-state index contributed by atoms with van der Waals surface area (Å²) < 4.78 is 35.9. The van der Waals surface area contributed by atoms with Crippen molar-refractivity contribution in [2.45, 2.75) is 121 Å². The van der Waals surface area contributed by atoms with Crippen molar-refractivity contribution in [2.75, 3.05) is 52.9 Å². The molecular formula is C33H59N3O16. The van der Waals surface area contributed by atoms with Gasteiger partial charge in [-0.1, -0.05) is 20.8 Å². The molecule has 0 saturated carbocycles. The predicted molar refractivity (Wildman–Crippen MR) is 178 cm³/mol. The Morgan fingerprint density at radius 3 is 1.56 bits per heavy atom. The molecule has 3 aliphatic rings. The Balaban J connectivity index is 1.81. The van der Waals surface area contributed by atoms with E-state index in [1.807, 2.05) is 20.8 Å². The van der Waals surface area contributed by atoms with Gasteiger partial charge in [-0.05, 0) is 5.41 Å². The number of ether oxygens (including phenoxy) is 6. The number of aliphatic hydroxyl groups is 7. The zero-order valence-electron chi connectivity index (χ0n) is 30.6. The Hall–Kier alpha value is -2.11. The topological polar surface area (TPSA) is 284 Å². The van der Waals surface area contributed by atoms with Gasteiger partial charge in [0.15, 0.2) is 6.29 Å². The number of carbonyl (C=O) groups is 3. The van der Waals surface area contributed by atoms with E-state index in [1.165, 1.54) is 20.8 Å². The molecule has 0 bridgehead atoms. The number of rotatable bonds is 16.